The van der Waals surface area contributed by atoms with Crippen LogP contribution in [-0.2, 0) is 87.9 Å². The number of hydrogen-bond acceptors (Lipinski definition) is 21. The standard InChI is InChI=1S/C79H117FN12O20S/c1-16-47(8)68(57(109-14)38-62(96)91-41-54(108-13)37-56(91)70(110-15)48(9)71(100)83-49(10)69(99)51-25-27-52(80)28-26-51)88(11)76(105)66(45(4)5)87-74(103)67(46(6)7)89(12)78(107)111-42-50-23-29-53(30-24-50)84-72(101)55(21-20-35-82-77(81)106)85-73(102)65(44(2)3)86-59(93)22-18-17-19-36-90-63(97)39-58(75(90)104)113-43-79(33-34-79)40-64(98)112-92-60(94)31-32-61(92)95/h23-30,44-49,54-58,65-68,70H,16-22,31-43H2,1-15H3,(H,83,100)(H,84,101)(H,85,102)(H,86,93)(H,87,103)(H3,81,82,106)/t47-,48+,49-,54+,55-,56-,57+,58?,65-,66-,67-,68-,70+/m0/s1. The number of halogens is 1. The van der Waals surface area contributed by atoms with E-state index in [1.165, 1.54) is 69.0 Å². The minimum absolute atomic E-state index is 0.000995. The molecule has 14 amide bonds. The number of likely N-dealkylation sites (tertiary alicyclic amines) is 2. The highest BCUT2D eigenvalue weighted by Gasteiger charge is 2.50. The topological polar surface area (TPSA) is 417 Å². The maximum absolute atomic E-state index is 14.9. The van der Waals surface area contributed by atoms with E-state index in [-0.39, 0.29) is 107 Å². The zero-order valence-electron chi connectivity index (χ0n) is 67.8. The van der Waals surface area contributed by atoms with Crippen LogP contribution in [0.15, 0.2) is 48.5 Å². The molecule has 34 heteroatoms. The number of carbonyl (C=O) groups is 15. The number of benzene rings is 2. The van der Waals surface area contributed by atoms with Crippen molar-refractivity contribution in [1.29, 1.82) is 0 Å². The minimum atomic E-state index is -1.17. The average Bonchev–Trinajstić information content (AvgIpc) is 1.69. The summed E-state index contributed by atoms with van der Waals surface area (Å²) in [7, 11) is 7.41. The van der Waals surface area contributed by atoms with Gasteiger partial charge in [-0.2, -0.15) is 0 Å². The molecule has 4 fully saturated rings. The van der Waals surface area contributed by atoms with Gasteiger partial charge in [-0.3, -0.25) is 67.3 Å². The highest BCUT2D eigenvalue weighted by atomic mass is 32.2. The molecule has 2 aromatic carbocycles. The molecule has 1 saturated carbocycles. The zero-order valence-corrected chi connectivity index (χ0v) is 68.6. The summed E-state index contributed by atoms with van der Waals surface area (Å²) in [5.74, 6) is -9.25. The Bertz CT molecular complexity index is 3680. The van der Waals surface area contributed by atoms with Crippen LogP contribution < -0.4 is 37.6 Å². The molecule has 4 aliphatic rings. The fourth-order valence-corrected chi connectivity index (χ4v) is 15.9. The van der Waals surface area contributed by atoms with Crippen molar-refractivity contribution in [3.05, 3.63) is 65.5 Å². The lowest BCUT2D eigenvalue weighted by Gasteiger charge is -2.41. The van der Waals surface area contributed by atoms with E-state index in [2.05, 4.69) is 31.9 Å². The monoisotopic (exact) mass is 1600 g/mol. The summed E-state index contributed by atoms with van der Waals surface area (Å²) in [6.07, 6.45) is 0.487. The number of ether oxygens (including phenoxy) is 4. The Morgan fingerprint density at radius 3 is 1.94 bits per heavy atom. The van der Waals surface area contributed by atoms with Gasteiger partial charge < -0.3 is 71.2 Å². The number of thioether (sulfide) groups is 1. The molecule has 113 heavy (non-hydrogen) atoms. The van der Waals surface area contributed by atoms with Gasteiger partial charge in [0.1, 0.15) is 36.6 Å². The van der Waals surface area contributed by atoms with Gasteiger partial charge in [-0.25, -0.2) is 18.8 Å². The third kappa shape index (κ3) is 26.2. The van der Waals surface area contributed by atoms with Crippen LogP contribution in [0.2, 0.25) is 0 Å². The summed E-state index contributed by atoms with van der Waals surface area (Å²) in [6.45, 7) is 17.6. The molecule has 0 bridgehead atoms. The second kappa shape index (κ2) is 43.4. The van der Waals surface area contributed by atoms with Crippen LogP contribution in [0.25, 0.3) is 0 Å². The van der Waals surface area contributed by atoms with Gasteiger partial charge in [0.2, 0.25) is 53.2 Å². The Morgan fingerprint density at radius 2 is 1.36 bits per heavy atom. The van der Waals surface area contributed by atoms with Crippen LogP contribution >= 0.6 is 11.8 Å². The van der Waals surface area contributed by atoms with E-state index in [0.717, 1.165) is 17.0 Å². The first-order valence-corrected chi connectivity index (χ1v) is 39.9. The SMILES string of the molecule is CC[C@H](C)[C@@H]([C@@H](CC(=O)N1C[C@H](OC)C[C@H]1[C@H](OC)[C@@H](C)C(=O)N[C@@H](C)C(=O)c1ccc(F)cc1)OC)N(C)C(=O)[C@@H](NC(=O)[C@H](C(C)C)N(C)C(=O)OCc1ccc(NC(=O)[C@H](CCCNC(N)=O)NC(=O)[C@@H](NC(=O)CCCCCN2C(=O)CC(SCC3(CC(=O)ON4C(=O)CCC4=O)CC3)C2=O)C(C)C)cc1)C(C)C. The van der Waals surface area contributed by atoms with Gasteiger partial charge in [0.15, 0.2) is 5.78 Å². The largest absolute Gasteiger partial charge is 0.445 e. The van der Waals surface area contributed by atoms with Gasteiger partial charge in [0.25, 0.3) is 11.8 Å². The number of nitrogens with zero attached hydrogens (tertiary/aromatic N) is 5. The van der Waals surface area contributed by atoms with Gasteiger partial charge >= 0.3 is 18.1 Å². The maximum Gasteiger partial charge on any atom is 0.410 e. The number of rotatable bonds is 45. The molecular formula is C79H117FN12O20S. The second-order valence-corrected chi connectivity index (χ2v) is 32.3. The maximum atomic E-state index is 14.9. The Kier molecular flexibility index (Phi) is 35.6. The fourth-order valence-electron chi connectivity index (χ4n) is 14.4. The van der Waals surface area contributed by atoms with Crippen molar-refractivity contribution in [2.24, 2.45) is 40.7 Å². The molecular weight excluding hydrogens is 1490 g/mol. The molecule has 3 heterocycles. The van der Waals surface area contributed by atoms with Crippen molar-refractivity contribution in [3.8, 4) is 0 Å². The molecule has 6 rings (SSSR count). The molecule has 0 radical (unpaired) electrons. The van der Waals surface area contributed by atoms with E-state index in [1.807, 2.05) is 13.8 Å². The molecule has 0 aromatic heterocycles. The van der Waals surface area contributed by atoms with E-state index in [0.29, 0.717) is 67.0 Å². The van der Waals surface area contributed by atoms with Gasteiger partial charge in [0.05, 0.1) is 60.4 Å². The lowest BCUT2D eigenvalue weighted by atomic mass is 9.89. The Balaban J connectivity index is 0.993. The molecule has 32 nitrogen and oxygen atoms in total. The number of methoxy groups -OCH3 is 3. The molecule has 3 saturated heterocycles. The quantitative estimate of drug-likeness (QED) is 0.0237. The molecule has 13 atom stereocenters. The predicted octanol–water partition coefficient (Wildman–Crippen LogP) is 5.70. The van der Waals surface area contributed by atoms with Gasteiger partial charge in [-0.1, -0.05) is 87.3 Å². The Labute approximate surface area is 665 Å². The summed E-state index contributed by atoms with van der Waals surface area (Å²) in [4.78, 5) is 211. The lowest BCUT2D eigenvalue weighted by Crippen LogP contribution is -2.60. The van der Waals surface area contributed by atoms with E-state index in [1.54, 1.807) is 84.7 Å². The first kappa shape index (κ1) is 92.7. The molecule has 0 spiro atoms. The van der Waals surface area contributed by atoms with Gasteiger partial charge in [0, 0.05) is 97.7 Å². The molecule has 8 N–H and O–H groups in total. The van der Waals surface area contributed by atoms with Gasteiger partial charge in [-0.15, -0.1) is 16.8 Å². The number of unbranched alkanes of at least 4 members (excludes halogenated alkanes) is 2. The fraction of sp³-hybridized carbons (Fsp3) is 0.658. The van der Waals surface area contributed by atoms with Crippen molar-refractivity contribution in [1.82, 2.24) is 51.2 Å². The molecule has 2 aromatic rings. The first-order valence-electron chi connectivity index (χ1n) is 38.9. The first-order chi connectivity index (χ1) is 53.4. The summed E-state index contributed by atoms with van der Waals surface area (Å²) in [6, 6.07) is 3.67. The summed E-state index contributed by atoms with van der Waals surface area (Å²) in [5, 5.41) is 16.3. The number of imide groups is 2. The number of ketones is 1. The Hall–Kier alpha value is -9.15. The van der Waals surface area contributed by atoms with Crippen molar-refractivity contribution in [3.63, 3.8) is 0 Å². The van der Waals surface area contributed by atoms with Gasteiger partial charge in [-0.05, 0) is 123 Å². The normalized spacial score (nSPS) is 19.3. The number of anilines is 1. The van der Waals surface area contributed by atoms with E-state index in [9.17, 15) is 76.3 Å². The number of nitrogens with two attached hydrogens (primary N) is 1. The highest BCUT2D eigenvalue weighted by Crippen LogP contribution is 2.52. The molecule has 3 aliphatic heterocycles. The third-order valence-corrected chi connectivity index (χ3v) is 23.1. The molecule has 1 aliphatic carbocycles. The smallest absolute Gasteiger partial charge is 0.410 e. The van der Waals surface area contributed by atoms with Crippen molar-refractivity contribution in [2.45, 2.75) is 238 Å². The average molecular weight is 1610 g/mol. The number of carbonyl (C=O) groups excluding carboxylic acids is 15. The number of Topliss-reactive ketones (excluding diaryl/α,β-unsaturated/α-hetero) is 1. The number of nitrogens with one attached hydrogen (secondary N) is 6. The number of likely N-dealkylation sites (N-methyl/N-ethyl adjacent to an activating group) is 2. The number of primary amides is 1. The van der Waals surface area contributed by atoms with Crippen molar-refractivity contribution in [2.75, 3.05) is 66.1 Å². The number of hydroxylamine groups is 2. The number of amides is 14. The summed E-state index contributed by atoms with van der Waals surface area (Å²) in [5.41, 5.74) is 5.83. The van der Waals surface area contributed by atoms with Crippen LogP contribution in [0.4, 0.5) is 19.7 Å². The summed E-state index contributed by atoms with van der Waals surface area (Å²) >= 11 is 1.29. The van der Waals surface area contributed by atoms with E-state index >= 15 is 0 Å². The lowest BCUT2D eigenvalue weighted by molar-refractivity contribution is -0.198. The molecule has 626 valence electrons. The van der Waals surface area contributed by atoms with Crippen LogP contribution in [0.1, 0.15) is 181 Å². The highest BCUT2D eigenvalue weighted by molar-refractivity contribution is 8.00. The zero-order chi connectivity index (χ0) is 83.9. The van der Waals surface area contributed by atoms with Crippen LogP contribution in [-0.4, -0.2) is 240 Å². The van der Waals surface area contributed by atoms with Crippen LogP contribution in [0, 0.1) is 40.8 Å². The van der Waals surface area contributed by atoms with E-state index < -0.39 is 172 Å². The van der Waals surface area contributed by atoms with Crippen LogP contribution in [0.3, 0.4) is 0 Å². The number of hydrogen-bond donors (Lipinski definition) is 7. The summed E-state index contributed by atoms with van der Waals surface area (Å²) < 4.78 is 37.1. The van der Waals surface area contributed by atoms with Crippen molar-refractivity contribution < 1.29 is 100 Å². The molecule has 1 unspecified atom stereocenters. The van der Waals surface area contributed by atoms with Crippen LogP contribution in [0.5, 0.6) is 0 Å². The van der Waals surface area contributed by atoms with Crippen molar-refractivity contribution >= 4 is 106 Å². The van der Waals surface area contributed by atoms with E-state index in [4.69, 9.17) is 29.5 Å². The minimum Gasteiger partial charge on any atom is -0.445 e. The Morgan fingerprint density at radius 1 is 0.717 bits per heavy atom. The number of urea groups is 1. The second-order valence-electron chi connectivity index (χ2n) is 31.1. The predicted molar refractivity (Wildman–Crippen MR) is 414 cm³/mol. The third-order valence-electron chi connectivity index (χ3n) is 21.5.